The number of nitro groups is 1. The first-order valence-corrected chi connectivity index (χ1v) is 14.7. The monoisotopic (exact) mass is 596 g/mol. The molecule has 0 radical (unpaired) electrons. The van der Waals surface area contributed by atoms with E-state index in [2.05, 4.69) is 0 Å². The van der Waals surface area contributed by atoms with Gasteiger partial charge in [-0.25, -0.2) is 4.79 Å². The second kappa shape index (κ2) is 13.6. The van der Waals surface area contributed by atoms with Gasteiger partial charge in [0.2, 0.25) is 0 Å². The van der Waals surface area contributed by atoms with Gasteiger partial charge in [-0.05, 0) is 89.1 Å². The van der Waals surface area contributed by atoms with E-state index in [1.807, 2.05) is 71.9 Å². The summed E-state index contributed by atoms with van der Waals surface area (Å²) in [6, 6.07) is 17.8. The summed E-state index contributed by atoms with van der Waals surface area (Å²) in [4.78, 5) is 25.3. The number of hydrogen-bond acceptors (Lipinski definition) is 8. The molecule has 3 aromatic carbocycles. The Morgan fingerprint density at radius 2 is 1.55 bits per heavy atom. The van der Waals surface area contributed by atoms with Gasteiger partial charge >= 0.3 is 11.8 Å². The molecule has 0 saturated heterocycles. The van der Waals surface area contributed by atoms with Gasteiger partial charge in [0, 0.05) is 17.8 Å². The maximum absolute atomic E-state index is 12.7. The van der Waals surface area contributed by atoms with E-state index in [1.165, 1.54) is 24.3 Å². The van der Waals surface area contributed by atoms with Crippen LogP contribution in [0.25, 0.3) is 12.2 Å². The standard InChI is InChI=1S/C31H36N2O8S/c1-22(2)32(30(34)41-31(4,5)6)26-14-11-24(12-15-26)9-10-25-13-18-28(33(35)36)29(21-25)39-19-20-40-42(37,38)27-16-7-23(3)8-17-27/h7-18,21-22H,19-20H2,1-6H3/b10-9+. The molecule has 224 valence electrons. The van der Waals surface area contributed by atoms with Gasteiger partial charge in [0.05, 0.1) is 9.82 Å². The molecule has 0 saturated carbocycles. The quantitative estimate of drug-likeness (QED) is 0.0761. The van der Waals surface area contributed by atoms with Crippen molar-refractivity contribution in [1.29, 1.82) is 0 Å². The minimum atomic E-state index is -3.99. The number of anilines is 1. The van der Waals surface area contributed by atoms with Crippen molar-refractivity contribution in [2.24, 2.45) is 0 Å². The van der Waals surface area contributed by atoms with Crippen LogP contribution < -0.4 is 9.64 Å². The largest absolute Gasteiger partial charge is 0.484 e. The summed E-state index contributed by atoms with van der Waals surface area (Å²) in [5, 5.41) is 11.5. The Hall–Kier alpha value is -4.22. The lowest BCUT2D eigenvalue weighted by Crippen LogP contribution is -2.41. The number of carbonyl (C=O) groups is 1. The summed E-state index contributed by atoms with van der Waals surface area (Å²) in [6.07, 6.45) is 3.15. The minimum absolute atomic E-state index is 0.0148. The van der Waals surface area contributed by atoms with Gasteiger partial charge in [0.25, 0.3) is 10.1 Å². The van der Waals surface area contributed by atoms with E-state index in [0.717, 1.165) is 11.1 Å². The Labute approximate surface area is 246 Å². The number of hydrogen-bond donors (Lipinski definition) is 0. The number of ether oxygens (including phenoxy) is 2. The van der Waals surface area contributed by atoms with Crippen LogP contribution in [-0.4, -0.2) is 44.3 Å². The molecule has 10 nitrogen and oxygen atoms in total. The summed E-state index contributed by atoms with van der Waals surface area (Å²) in [5.74, 6) is -0.0150. The molecular formula is C31H36N2O8S. The molecule has 0 N–H and O–H groups in total. The van der Waals surface area contributed by atoms with Crippen molar-refractivity contribution in [2.45, 2.75) is 58.1 Å². The van der Waals surface area contributed by atoms with Crippen molar-refractivity contribution >= 4 is 39.7 Å². The second-order valence-electron chi connectivity index (χ2n) is 10.8. The molecule has 0 aliphatic carbocycles. The van der Waals surface area contributed by atoms with Gasteiger partial charge in [-0.15, -0.1) is 0 Å². The molecule has 0 aliphatic heterocycles. The van der Waals surface area contributed by atoms with Crippen molar-refractivity contribution in [1.82, 2.24) is 0 Å². The smallest absolute Gasteiger partial charge is 0.415 e. The van der Waals surface area contributed by atoms with E-state index in [1.54, 1.807) is 29.2 Å². The van der Waals surface area contributed by atoms with E-state index in [-0.39, 0.29) is 35.6 Å². The average molecular weight is 597 g/mol. The molecule has 0 aromatic heterocycles. The van der Waals surface area contributed by atoms with Crippen LogP contribution in [0.15, 0.2) is 71.6 Å². The summed E-state index contributed by atoms with van der Waals surface area (Å²) in [7, 11) is -3.99. The third-order valence-corrected chi connectivity index (χ3v) is 7.14. The first kappa shape index (κ1) is 32.3. The lowest BCUT2D eigenvalue weighted by atomic mass is 10.1. The predicted octanol–water partition coefficient (Wildman–Crippen LogP) is 7.01. The Balaban J connectivity index is 1.69. The topological polar surface area (TPSA) is 125 Å². The number of aryl methyl sites for hydroxylation is 1. The van der Waals surface area contributed by atoms with Crippen molar-refractivity contribution in [3.05, 3.63) is 93.5 Å². The number of rotatable bonds is 11. The van der Waals surface area contributed by atoms with Crippen molar-refractivity contribution in [3.8, 4) is 5.75 Å². The molecule has 0 unspecified atom stereocenters. The molecular weight excluding hydrogens is 560 g/mol. The van der Waals surface area contributed by atoms with E-state index in [0.29, 0.717) is 11.3 Å². The maximum Gasteiger partial charge on any atom is 0.415 e. The summed E-state index contributed by atoms with van der Waals surface area (Å²) in [5.41, 5.74) is 2.19. The van der Waals surface area contributed by atoms with E-state index in [9.17, 15) is 23.3 Å². The van der Waals surface area contributed by atoms with Crippen LogP contribution in [0.1, 0.15) is 51.3 Å². The minimum Gasteiger partial charge on any atom is -0.484 e. The third kappa shape index (κ3) is 9.15. The average Bonchev–Trinajstić information content (AvgIpc) is 2.89. The number of benzene rings is 3. The Bertz CT molecular complexity index is 1520. The molecule has 1 amide bonds. The molecule has 0 bridgehead atoms. The van der Waals surface area contributed by atoms with E-state index < -0.39 is 26.7 Å². The van der Waals surface area contributed by atoms with Gasteiger partial charge in [0.1, 0.15) is 18.8 Å². The fourth-order valence-corrected chi connectivity index (χ4v) is 4.73. The van der Waals surface area contributed by atoms with E-state index >= 15 is 0 Å². The van der Waals surface area contributed by atoms with Crippen LogP contribution in [0.2, 0.25) is 0 Å². The first-order valence-electron chi connectivity index (χ1n) is 13.3. The Morgan fingerprint density at radius 1 is 0.952 bits per heavy atom. The fourth-order valence-electron chi connectivity index (χ4n) is 3.83. The summed E-state index contributed by atoms with van der Waals surface area (Å²) in [6.45, 7) is 10.6. The molecule has 0 heterocycles. The highest BCUT2D eigenvalue weighted by atomic mass is 32.2. The summed E-state index contributed by atoms with van der Waals surface area (Å²) < 4.78 is 40.8. The number of nitrogens with zero attached hydrogens (tertiary/aromatic N) is 2. The van der Waals surface area contributed by atoms with Gasteiger partial charge in [-0.3, -0.25) is 19.2 Å². The van der Waals surface area contributed by atoms with Crippen LogP contribution in [0, 0.1) is 17.0 Å². The fraction of sp³-hybridized carbons (Fsp3) is 0.323. The third-order valence-electron chi connectivity index (χ3n) is 5.82. The molecule has 3 aromatic rings. The Kier molecular flexibility index (Phi) is 10.5. The normalized spacial score (nSPS) is 12.0. The summed E-state index contributed by atoms with van der Waals surface area (Å²) >= 11 is 0. The van der Waals surface area contributed by atoms with Crippen LogP contribution in [0.5, 0.6) is 5.75 Å². The van der Waals surface area contributed by atoms with Gasteiger partial charge in [-0.2, -0.15) is 8.42 Å². The SMILES string of the molecule is Cc1ccc(S(=O)(=O)OCCOc2cc(/C=C/c3ccc(N(C(=O)OC(C)(C)C)C(C)C)cc3)ccc2[N+](=O)[O-])cc1. The molecule has 0 atom stereocenters. The molecule has 0 aliphatic rings. The molecule has 11 heteroatoms. The number of nitro benzene ring substituents is 1. The maximum atomic E-state index is 12.7. The highest BCUT2D eigenvalue weighted by molar-refractivity contribution is 7.86. The van der Waals surface area contributed by atoms with Crippen LogP contribution in [0.4, 0.5) is 16.2 Å². The van der Waals surface area contributed by atoms with Crippen molar-refractivity contribution < 1.29 is 31.8 Å². The molecule has 42 heavy (non-hydrogen) atoms. The van der Waals surface area contributed by atoms with Crippen molar-refractivity contribution in [2.75, 3.05) is 18.1 Å². The Morgan fingerprint density at radius 3 is 2.12 bits per heavy atom. The number of carbonyl (C=O) groups excluding carboxylic acids is 1. The van der Waals surface area contributed by atoms with Crippen LogP contribution in [-0.2, 0) is 19.0 Å². The second-order valence-corrected chi connectivity index (χ2v) is 12.4. The van der Waals surface area contributed by atoms with Gasteiger partial charge < -0.3 is 9.47 Å². The van der Waals surface area contributed by atoms with Crippen molar-refractivity contribution in [3.63, 3.8) is 0 Å². The predicted molar refractivity (Wildman–Crippen MR) is 162 cm³/mol. The zero-order valence-electron chi connectivity index (χ0n) is 24.6. The highest BCUT2D eigenvalue weighted by Crippen LogP contribution is 2.29. The zero-order chi connectivity index (χ0) is 31.1. The van der Waals surface area contributed by atoms with Gasteiger partial charge in [0.15, 0.2) is 5.75 Å². The van der Waals surface area contributed by atoms with Crippen LogP contribution in [0.3, 0.4) is 0 Å². The highest BCUT2D eigenvalue weighted by Gasteiger charge is 2.25. The van der Waals surface area contributed by atoms with E-state index in [4.69, 9.17) is 13.7 Å². The molecule has 0 spiro atoms. The number of amides is 1. The lowest BCUT2D eigenvalue weighted by molar-refractivity contribution is -0.385. The molecule has 0 fully saturated rings. The lowest BCUT2D eigenvalue weighted by Gasteiger charge is -2.30. The van der Waals surface area contributed by atoms with Gasteiger partial charge in [-0.1, -0.05) is 42.0 Å². The molecule has 3 rings (SSSR count). The first-order chi connectivity index (χ1) is 19.7. The zero-order valence-corrected chi connectivity index (χ0v) is 25.4. The van der Waals surface area contributed by atoms with Crippen LogP contribution >= 0.6 is 0 Å².